The first-order valence-corrected chi connectivity index (χ1v) is 8.36. The Morgan fingerprint density at radius 3 is 2.72 bits per heavy atom. The first kappa shape index (κ1) is 18.9. The number of halogens is 1. The van der Waals surface area contributed by atoms with Gasteiger partial charge in [-0.2, -0.15) is 0 Å². The maximum atomic E-state index is 11.2. The van der Waals surface area contributed by atoms with Crippen molar-refractivity contribution in [3.05, 3.63) is 52.8 Å². The smallest absolute Gasteiger partial charge is 0.221 e. The van der Waals surface area contributed by atoms with Gasteiger partial charge in [0.15, 0.2) is 5.96 Å². The average Bonchev–Trinajstić information content (AvgIpc) is 2.85. The van der Waals surface area contributed by atoms with Crippen molar-refractivity contribution in [2.24, 2.45) is 12.0 Å². The molecule has 7 heteroatoms. The minimum Gasteiger partial charge on any atom is -0.352 e. The highest BCUT2D eigenvalue weighted by atomic mass is 35.5. The van der Waals surface area contributed by atoms with Crippen LogP contribution in [0.3, 0.4) is 0 Å². The number of benzene rings is 1. The maximum Gasteiger partial charge on any atom is 0.221 e. The fourth-order valence-electron chi connectivity index (χ4n) is 2.57. The minimum absolute atomic E-state index is 0.0816. The predicted octanol–water partition coefficient (Wildman–Crippen LogP) is 2.84. The fourth-order valence-corrected chi connectivity index (χ4v) is 2.84. The van der Waals surface area contributed by atoms with E-state index in [0.29, 0.717) is 13.1 Å². The van der Waals surface area contributed by atoms with Crippen LogP contribution in [0.4, 0.5) is 5.69 Å². The van der Waals surface area contributed by atoms with E-state index >= 15 is 0 Å². The van der Waals surface area contributed by atoms with E-state index in [1.165, 1.54) is 6.92 Å². The Morgan fingerprint density at radius 1 is 1.36 bits per heavy atom. The Balaban J connectivity index is 1.98. The van der Waals surface area contributed by atoms with Crippen LogP contribution in [0.15, 0.2) is 41.5 Å². The number of hydrogen-bond acceptors (Lipinski definition) is 2. The van der Waals surface area contributed by atoms with Crippen LogP contribution < -0.4 is 10.6 Å². The Labute approximate surface area is 153 Å². The van der Waals surface area contributed by atoms with Crippen molar-refractivity contribution in [3.8, 4) is 0 Å². The van der Waals surface area contributed by atoms with Gasteiger partial charge < -0.3 is 20.1 Å². The largest absolute Gasteiger partial charge is 0.352 e. The fraction of sp³-hybridized carbons (Fsp3) is 0.333. The van der Waals surface area contributed by atoms with Crippen LogP contribution in [0.2, 0.25) is 5.02 Å². The van der Waals surface area contributed by atoms with E-state index in [1.54, 1.807) is 7.05 Å². The number of aromatic nitrogens is 1. The summed E-state index contributed by atoms with van der Waals surface area (Å²) in [7, 11) is 5.70. The molecule has 0 aliphatic carbocycles. The number of nitrogens with one attached hydrogen (secondary N) is 2. The first-order chi connectivity index (χ1) is 11.9. The number of anilines is 1. The summed E-state index contributed by atoms with van der Waals surface area (Å²) >= 11 is 6.04. The van der Waals surface area contributed by atoms with E-state index in [9.17, 15) is 4.79 Å². The lowest BCUT2D eigenvalue weighted by atomic mass is 10.2. The van der Waals surface area contributed by atoms with E-state index < -0.39 is 0 Å². The van der Waals surface area contributed by atoms with Gasteiger partial charge in [-0.1, -0.05) is 23.7 Å². The highest BCUT2D eigenvalue weighted by molar-refractivity contribution is 6.30. The quantitative estimate of drug-likeness (QED) is 0.636. The monoisotopic (exact) mass is 361 g/mol. The van der Waals surface area contributed by atoms with E-state index in [1.807, 2.05) is 60.1 Å². The molecule has 134 valence electrons. The molecule has 1 aromatic heterocycles. The number of aliphatic imine (C=N–C) groups is 1. The van der Waals surface area contributed by atoms with Crippen LogP contribution in [0, 0.1) is 0 Å². The van der Waals surface area contributed by atoms with Crippen LogP contribution in [-0.2, 0) is 24.9 Å². The molecule has 0 aliphatic heterocycles. The molecule has 1 amide bonds. The number of rotatable bonds is 5. The van der Waals surface area contributed by atoms with Gasteiger partial charge in [0.2, 0.25) is 5.91 Å². The second-order valence-electron chi connectivity index (χ2n) is 5.90. The molecule has 0 unspecified atom stereocenters. The molecule has 1 heterocycles. The molecule has 0 fully saturated rings. The second-order valence-corrected chi connectivity index (χ2v) is 6.34. The highest BCUT2D eigenvalue weighted by Crippen LogP contribution is 2.14. The van der Waals surface area contributed by atoms with Crippen molar-refractivity contribution in [3.63, 3.8) is 0 Å². The number of carbonyl (C=O) groups is 1. The van der Waals surface area contributed by atoms with Gasteiger partial charge in [0.05, 0.1) is 11.6 Å². The van der Waals surface area contributed by atoms with Crippen LogP contribution in [0.1, 0.15) is 18.2 Å². The number of amides is 1. The molecule has 0 radical (unpaired) electrons. The highest BCUT2D eigenvalue weighted by Gasteiger charge is 2.10. The van der Waals surface area contributed by atoms with Gasteiger partial charge in [-0.05, 0) is 23.8 Å². The zero-order valence-corrected chi connectivity index (χ0v) is 15.8. The first-order valence-electron chi connectivity index (χ1n) is 7.98. The van der Waals surface area contributed by atoms with Gasteiger partial charge in [0.1, 0.15) is 0 Å². The van der Waals surface area contributed by atoms with Crippen LogP contribution in [-0.4, -0.2) is 35.4 Å². The normalized spacial score (nSPS) is 11.3. The molecule has 0 aliphatic rings. The number of guanidine groups is 1. The lowest BCUT2D eigenvalue weighted by molar-refractivity contribution is -0.114. The summed E-state index contributed by atoms with van der Waals surface area (Å²) in [5.41, 5.74) is 2.94. The molecule has 25 heavy (non-hydrogen) atoms. The van der Waals surface area contributed by atoms with Crippen molar-refractivity contribution in [2.75, 3.05) is 19.4 Å². The molecular weight excluding hydrogens is 338 g/mol. The molecule has 0 atom stereocenters. The summed E-state index contributed by atoms with van der Waals surface area (Å²) in [5.74, 6) is 0.698. The summed E-state index contributed by atoms with van der Waals surface area (Å²) in [6.45, 7) is 2.80. The lowest BCUT2D eigenvalue weighted by Crippen LogP contribution is -2.38. The van der Waals surface area contributed by atoms with Crippen LogP contribution >= 0.6 is 11.6 Å². The van der Waals surface area contributed by atoms with Crippen molar-refractivity contribution in [1.82, 2.24) is 14.8 Å². The van der Waals surface area contributed by atoms with Crippen LogP contribution in [0.25, 0.3) is 0 Å². The molecule has 0 saturated carbocycles. The number of hydrogen-bond donors (Lipinski definition) is 2. The summed E-state index contributed by atoms with van der Waals surface area (Å²) in [5, 5.41) is 6.85. The van der Waals surface area contributed by atoms with Crippen molar-refractivity contribution < 1.29 is 4.79 Å². The van der Waals surface area contributed by atoms with E-state index in [4.69, 9.17) is 11.6 Å². The summed E-state index contributed by atoms with van der Waals surface area (Å²) in [6.07, 6.45) is 1.88. The second kappa shape index (κ2) is 8.58. The lowest BCUT2D eigenvalue weighted by Gasteiger charge is -2.22. The molecule has 6 nitrogen and oxygen atoms in total. The third kappa shape index (κ3) is 5.53. The molecular formula is C18H24ClN5O. The summed E-state index contributed by atoms with van der Waals surface area (Å²) < 4.78 is 2.00. The van der Waals surface area contributed by atoms with Gasteiger partial charge >= 0.3 is 0 Å². The van der Waals surface area contributed by atoms with Crippen LogP contribution in [0.5, 0.6) is 0 Å². The number of aryl methyl sites for hydroxylation is 1. The SMILES string of the molecule is CN=C(NCc1cccc(NC(C)=O)c1)N(C)Cc1cc(Cl)cn1C. The summed E-state index contributed by atoms with van der Waals surface area (Å²) in [6, 6.07) is 9.68. The number of carbonyl (C=O) groups excluding carboxylic acids is 1. The topological polar surface area (TPSA) is 61.7 Å². The zero-order chi connectivity index (χ0) is 18.4. The molecule has 2 rings (SSSR count). The number of nitrogens with zero attached hydrogens (tertiary/aromatic N) is 3. The molecule has 2 aromatic rings. The van der Waals surface area contributed by atoms with Gasteiger partial charge in [0, 0.05) is 52.2 Å². The zero-order valence-electron chi connectivity index (χ0n) is 15.0. The standard InChI is InChI=1S/C18H24ClN5O/c1-13(25)22-16-7-5-6-14(8-16)10-21-18(20-2)24(4)12-17-9-15(19)11-23(17)3/h5-9,11H,10,12H2,1-4H3,(H,20,21)(H,22,25). The maximum absolute atomic E-state index is 11.2. The summed E-state index contributed by atoms with van der Waals surface area (Å²) in [4.78, 5) is 17.5. The minimum atomic E-state index is -0.0816. The van der Waals surface area contributed by atoms with Gasteiger partial charge in [-0.3, -0.25) is 9.79 Å². The van der Waals surface area contributed by atoms with Gasteiger partial charge in [0.25, 0.3) is 0 Å². The average molecular weight is 362 g/mol. The van der Waals surface area contributed by atoms with Gasteiger partial charge in [-0.25, -0.2) is 0 Å². The molecule has 0 saturated heterocycles. The third-order valence-corrected chi connectivity index (χ3v) is 3.95. The molecule has 2 N–H and O–H groups in total. The molecule has 1 aromatic carbocycles. The molecule has 0 bridgehead atoms. The van der Waals surface area contributed by atoms with Crippen molar-refractivity contribution in [1.29, 1.82) is 0 Å². The Morgan fingerprint density at radius 2 is 2.12 bits per heavy atom. The third-order valence-electron chi connectivity index (χ3n) is 3.75. The van der Waals surface area contributed by atoms with Crippen molar-refractivity contribution in [2.45, 2.75) is 20.0 Å². The molecule has 0 spiro atoms. The Hall–Kier alpha value is -2.47. The van der Waals surface area contributed by atoms with E-state index in [-0.39, 0.29) is 5.91 Å². The van der Waals surface area contributed by atoms with E-state index in [2.05, 4.69) is 15.6 Å². The van der Waals surface area contributed by atoms with Gasteiger partial charge in [-0.15, -0.1) is 0 Å². The Bertz CT molecular complexity index is 769. The Kier molecular flexibility index (Phi) is 6.47. The predicted molar refractivity (Wildman–Crippen MR) is 103 cm³/mol. The van der Waals surface area contributed by atoms with E-state index in [0.717, 1.165) is 27.9 Å². The van der Waals surface area contributed by atoms with Crippen molar-refractivity contribution >= 4 is 29.2 Å².